The molecular weight excluding hydrogens is 1270 g/mol. The van der Waals surface area contributed by atoms with Crippen molar-refractivity contribution in [2.75, 3.05) is 0 Å². The van der Waals surface area contributed by atoms with Crippen molar-refractivity contribution in [3.05, 3.63) is 264 Å². The van der Waals surface area contributed by atoms with Crippen LogP contribution in [0.15, 0.2) is 199 Å². The van der Waals surface area contributed by atoms with E-state index in [1.807, 2.05) is 77.2 Å². The van der Waals surface area contributed by atoms with Gasteiger partial charge in [0.25, 0.3) is 0 Å². The maximum atomic E-state index is 6.55. The molecule has 0 saturated heterocycles. The molecule has 5 heterocycles. The van der Waals surface area contributed by atoms with E-state index in [-0.39, 0.29) is 42.8 Å². The van der Waals surface area contributed by atoms with Gasteiger partial charge in [-0.3, -0.25) is 4.98 Å². The Kier molecular flexibility index (Phi) is 18.0. The van der Waals surface area contributed by atoms with Gasteiger partial charge in [-0.25, -0.2) is 15.0 Å². The number of furan rings is 1. The first kappa shape index (κ1) is 61.7. The third kappa shape index (κ3) is 13.6. The molecule has 0 saturated carbocycles. The second kappa shape index (κ2) is 26.0. The Morgan fingerprint density at radius 2 is 1.21 bits per heavy atom. The summed E-state index contributed by atoms with van der Waals surface area (Å²) in [5.41, 5.74) is 19.4. The summed E-state index contributed by atoms with van der Waals surface area (Å²) in [6, 6.07) is 71.9. The molecule has 13 aromatic rings. The van der Waals surface area contributed by atoms with Crippen molar-refractivity contribution in [3.8, 4) is 56.5 Å². The average Bonchev–Trinajstić information content (AvgIpc) is 1.66. The van der Waals surface area contributed by atoms with E-state index < -0.39 is 0 Å². The molecule has 0 spiro atoms. The number of fused-ring (bicyclic) bond motifs is 4. The molecule has 9 nitrogen and oxygen atoms in total. The maximum Gasteiger partial charge on any atom is 0.241 e. The van der Waals surface area contributed by atoms with Crippen LogP contribution in [0.4, 0.5) is 0 Å². The maximum absolute atomic E-state index is 6.55. The zero-order valence-electron chi connectivity index (χ0n) is 52.8. The summed E-state index contributed by atoms with van der Waals surface area (Å²) in [4.78, 5) is 24.7. The number of hydrogen-bond donors (Lipinski definition) is 0. The van der Waals surface area contributed by atoms with Crippen molar-refractivity contribution in [3.63, 3.8) is 0 Å². The van der Waals surface area contributed by atoms with Crippen LogP contribution in [-0.4, -0.2) is 34.1 Å². The Labute approximate surface area is 538 Å². The first-order valence-corrected chi connectivity index (χ1v) is 30.7. The fourth-order valence-electron chi connectivity index (χ4n) is 11.3. The monoisotopic (exact) mass is 1340 g/mol. The van der Waals surface area contributed by atoms with Gasteiger partial charge < -0.3 is 23.1 Å². The summed E-state index contributed by atoms with van der Waals surface area (Å²) in [6.45, 7) is 22.0. The van der Waals surface area contributed by atoms with Crippen LogP contribution < -0.4 is 4.57 Å². The summed E-state index contributed by atoms with van der Waals surface area (Å²) in [5, 5.41) is 2.15. The molecule has 449 valence electrons. The van der Waals surface area contributed by atoms with E-state index in [1.54, 1.807) is 0 Å². The van der Waals surface area contributed by atoms with Crippen molar-refractivity contribution < 1.29 is 29.1 Å². The standard InChI is InChI=1S/C48H48N5O.C31H27N3.Ir/c1-28(2)36-26-32(30-22-24-31(25-23-30)43-50-45(47(5,6)7)52-46(51-43)48(8,9)10)27-37(29(3)4)41(36)53-39-20-13-12-19-38(39)49-44(53)35-18-15-17-34-33-16-11-14-21-40(33)54-42(34)35;1-33-20-21-34(24-33)30-17-14-25(15-18-30)10-11-26-6-5-7-27(22-26)12-13-28-16-19-31(32-23-28)29-8-3-2-4-9-29;/h11-17,19-29H,1-10H3;2-8,14-17,19-23H,10-13H2,1H3;/q-1;-2;. The molecule has 0 atom stereocenters. The van der Waals surface area contributed by atoms with Gasteiger partial charge in [-0.15, -0.1) is 54.1 Å². The second-order valence-electron chi connectivity index (χ2n) is 25.8. The number of aromatic nitrogens is 8. The number of hydrogen-bond acceptors (Lipinski definition) is 6. The van der Waals surface area contributed by atoms with Gasteiger partial charge >= 0.3 is 0 Å². The molecule has 13 rings (SSSR count). The van der Waals surface area contributed by atoms with Gasteiger partial charge in [0, 0.05) is 66.2 Å². The molecule has 0 bridgehead atoms. The Bertz CT molecular complexity index is 4520. The Morgan fingerprint density at radius 3 is 1.84 bits per heavy atom. The van der Waals surface area contributed by atoms with Crippen LogP contribution in [0.5, 0.6) is 0 Å². The van der Waals surface area contributed by atoms with Crippen LogP contribution in [0.2, 0.25) is 0 Å². The van der Waals surface area contributed by atoms with E-state index in [9.17, 15) is 0 Å². The van der Waals surface area contributed by atoms with E-state index in [4.69, 9.17) is 24.4 Å². The number of nitrogens with zero attached hydrogens (tertiary/aromatic N) is 8. The minimum absolute atomic E-state index is 0. The number of imidazole rings is 2. The minimum atomic E-state index is -0.198. The molecule has 1 radical (unpaired) electrons. The predicted molar refractivity (Wildman–Crippen MR) is 357 cm³/mol. The molecule has 0 aliphatic rings. The largest absolute Gasteiger partial charge is 0.501 e. The fourth-order valence-corrected chi connectivity index (χ4v) is 11.3. The van der Waals surface area contributed by atoms with Crippen LogP contribution in [0, 0.1) is 24.5 Å². The Balaban J connectivity index is 0.000000201. The van der Waals surface area contributed by atoms with Crippen molar-refractivity contribution >= 4 is 33.0 Å². The Hall–Kier alpha value is -8.95. The summed E-state index contributed by atoms with van der Waals surface area (Å²) >= 11 is 0. The molecule has 10 heteroatoms. The van der Waals surface area contributed by atoms with Crippen molar-refractivity contribution in [1.82, 2.24) is 34.1 Å². The molecular formula is C79H75IrN8O-3. The van der Waals surface area contributed by atoms with Crippen molar-refractivity contribution in [2.24, 2.45) is 7.05 Å². The third-order valence-electron chi connectivity index (χ3n) is 16.2. The molecule has 0 amide bonds. The third-order valence-corrected chi connectivity index (χ3v) is 16.2. The first-order chi connectivity index (χ1) is 42.4. The van der Waals surface area contributed by atoms with Crippen LogP contribution in [0.3, 0.4) is 0 Å². The molecule has 89 heavy (non-hydrogen) atoms. The molecule has 0 unspecified atom stereocenters. The summed E-state index contributed by atoms with van der Waals surface area (Å²) in [6.07, 6.45) is 13.2. The number of rotatable bonds is 14. The topological polar surface area (TPSA) is 91.3 Å². The van der Waals surface area contributed by atoms with Gasteiger partial charge in [0.1, 0.15) is 17.2 Å². The average molecular weight is 1340 g/mol. The number of benzene rings is 8. The van der Waals surface area contributed by atoms with Crippen LogP contribution in [-0.2, 0) is 63.7 Å². The van der Waals surface area contributed by atoms with Gasteiger partial charge in [0.05, 0.1) is 29.5 Å². The molecule has 0 fully saturated rings. The summed E-state index contributed by atoms with van der Waals surface area (Å²) in [7, 11) is 1.97. The quantitative estimate of drug-likeness (QED) is 0.0796. The zero-order valence-corrected chi connectivity index (χ0v) is 55.2. The molecule has 8 aromatic carbocycles. The number of pyridine rings is 1. The van der Waals surface area contributed by atoms with E-state index in [0.717, 1.165) is 110 Å². The predicted octanol–water partition coefficient (Wildman–Crippen LogP) is 18.1. The van der Waals surface area contributed by atoms with Crippen LogP contribution >= 0.6 is 0 Å². The first-order valence-electron chi connectivity index (χ1n) is 30.7. The zero-order chi connectivity index (χ0) is 61.3. The normalized spacial score (nSPS) is 11.8. The number of para-hydroxylation sites is 3. The molecule has 5 aromatic heterocycles. The van der Waals surface area contributed by atoms with Gasteiger partial charge in [0.15, 0.2) is 5.82 Å². The Morgan fingerprint density at radius 1 is 0.562 bits per heavy atom. The van der Waals surface area contributed by atoms with Gasteiger partial charge in [0.2, 0.25) is 6.33 Å². The van der Waals surface area contributed by atoms with E-state index >= 15 is 0 Å². The summed E-state index contributed by atoms with van der Waals surface area (Å²) in [5.74, 6) is 3.61. The van der Waals surface area contributed by atoms with E-state index in [2.05, 4.69) is 237 Å². The fraction of sp³-hybridized carbons (Fsp3) is 0.241. The SMILES string of the molecule is CC(C)c1cc(-c2ccc(-c3nc(C(C)(C)C)nc(C(C)(C)C)n3)cc2)cc(C(C)C)c1-n1c(-c2[c-]ccc3c2oc2ccccc23)nc2ccccc21.C[n+]1[c-]n(-c2[c-]cc(CCc3cccc(CCc4ccc(-c5[c-]cccc5)nc4)c3)cc2)cc1.[Ir]. The number of aryl methyl sites for hydroxylation is 5. The molecule has 0 N–H and O–H groups in total. The van der Waals surface area contributed by atoms with Crippen molar-refractivity contribution in [1.29, 1.82) is 0 Å². The van der Waals surface area contributed by atoms with Crippen molar-refractivity contribution in [2.45, 2.75) is 118 Å². The van der Waals surface area contributed by atoms with Crippen LogP contribution in [0.1, 0.15) is 126 Å². The van der Waals surface area contributed by atoms with Crippen LogP contribution in [0.25, 0.3) is 89.5 Å². The van der Waals surface area contributed by atoms with Gasteiger partial charge in [-0.1, -0.05) is 183 Å². The minimum Gasteiger partial charge on any atom is -0.501 e. The smallest absolute Gasteiger partial charge is 0.241 e. The van der Waals surface area contributed by atoms with Gasteiger partial charge in [-0.2, -0.15) is 29.8 Å². The second-order valence-corrected chi connectivity index (χ2v) is 25.8. The van der Waals surface area contributed by atoms with E-state index in [0.29, 0.717) is 5.82 Å². The molecule has 0 aliphatic heterocycles. The molecule has 0 aliphatic carbocycles. The summed E-state index contributed by atoms with van der Waals surface area (Å²) < 4.78 is 12.8. The van der Waals surface area contributed by atoms with E-state index in [1.165, 1.54) is 44.6 Å². The van der Waals surface area contributed by atoms with Gasteiger partial charge in [-0.05, 0) is 106 Å².